The van der Waals surface area contributed by atoms with Gasteiger partial charge in [0.2, 0.25) is 11.7 Å². The van der Waals surface area contributed by atoms with E-state index in [9.17, 15) is 4.79 Å². The van der Waals surface area contributed by atoms with E-state index < -0.39 is 0 Å². The number of carbonyl (C=O) groups excluding carboxylic acids is 1. The Morgan fingerprint density at radius 3 is 3.10 bits per heavy atom. The van der Waals surface area contributed by atoms with Crippen LogP contribution in [0.1, 0.15) is 26.2 Å². The lowest BCUT2D eigenvalue weighted by atomic mass is 10.2. The molecule has 0 aliphatic carbocycles. The minimum absolute atomic E-state index is 0.167. The van der Waals surface area contributed by atoms with Crippen LogP contribution < -0.4 is 0 Å². The Kier molecular flexibility index (Phi) is 3.89. The highest BCUT2D eigenvalue weighted by Crippen LogP contribution is 2.17. The summed E-state index contributed by atoms with van der Waals surface area (Å²) in [6, 6.07) is 4.06. The second-order valence-corrected chi connectivity index (χ2v) is 5.28. The summed E-state index contributed by atoms with van der Waals surface area (Å²) in [6.07, 6.45) is 5.99. The molecule has 1 fully saturated rings. The predicted octanol–water partition coefficient (Wildman–Crippen LogP) is 1.14. The van der Waals surface area contributed by atoms with E-state index in [2.05, 4.69) is 27.3 Å². The van der Waals surface area contributed by atoms with Gasteiger partial charge < -0.3 is 4.90 Å². The van der Waals surface area contributed by atoms with Gasteiger partial charge in [0.1, 0.15) is 0 Å². The van der Waals surface area contributed by atoms with Crippen molar-refractivity contribution in [1.82, 2.24) is 30.1 Å². The lowest BCUT2D eigenvalue weighted by molar-refractivity contribution is -0.132. The molecule has 0 spiro atoms. The van der Waals surface area contributed by atoms with Crippen molar-refractivity contribution >= 4 is 5.91 Å². The monoisotopic (exact) mass is 286 g/mol. The number of likely N-dealkylation sites (tertiary alicyclic amines) is 1. The Labute approximate surface area is 123 Å². The molecule has 0 radical (unpaired) electrons. The van der Waals surface area contributed by atoms with E-state index in [-0.39, 0.29) is 5.91 Å². The Hall–Kier alpha value is -2.31. The van der Waals surface area contributed by atoms with Gasteiger partial charge in [-0.1, -0.05) is 0 Å². The molecule has 21 heavy (non-hydrogen) atoms. The number of carbonyl (C=O) groups is 1. The van der Waals surface area contributed by atoms with Gasteiger partial charge in [-0.25, -0.2) is 0 Å². The number of tetrazole rings is 1. The predicted molar refractivity (Wildman–Crippen MR) is 76.1 cm³/mol. The first kappa shape index (κ1) is 13.7. The fourth-order valence-electron chi connectivity index (χ4n) is 2.59. The molecule has 3 rings (SSSR count). The summed E-state index contributed by atoms with van der Waals surface area (Å²) in [5.41, 5.74) is 0.822. The van der Waals surface area contributed by atoms with E-state index in [4.69, 9.17) is 0 Å². The minimum Gasteiger partial charge on any atom is -0.340 e. The van der Waals surface area contributed by atoms with Crippen molar-refractivity contribution in [1.29, 1.82) is 0 Å². The topological polar surface area (TPSA) is 76.8 Å². The average Bonchev–Trinajstić information content (AvgIpc) is 3.15. The van der Waals surface area contributed by atoms with Crippen LogP contribution in [0.5, 0.6) is 0 Å². The zero-order chi connectivity index (χ0) is 14.7. The van der Waals surface area contributed by atoms with Crippen LogP contribution >= 0.6 is 0 Å². The SMILES string of the molecule is C[C@H]1CCCN1C(=O)CCn1nnc(-c2cccnc2)n1. The number of aromatic nitrogens is 5. The van der Waals surface area contributed by atoms with Crippen molar-refractivity contribution in [3.63, 3.8) is 0 Å². The van der Waals surface area contributed by atoms with Crippen LogP contribution in [0.25, 0.3) is 11.4 Å². The van der Waals surface area contributed by atoms with Gasteiger partial charge in [-0.3, -0.25) is 9.78 Å². The molecule has 0 unspecified atom stereocenters. The number of nitrogens with zero attached hydrogens (tertiary/aromatic N) is 6. The van der Waals surface area contributed by atoms with Crippen LogP contribution in [0.4, 0.5) is 0 Å². The summed E-state index contributed by atoms with van der Waals surface area (Å²) in [6.45, 7) is 3.42. The lowest BCUT2D eigenvalue weighted by Crippen LogP contribution is -2.34. The number of hydrogen-bond donors (Lipinski definition) is 0. The summed E-state index contributed by atoms with van der Waals surface area (Å²) in [4.78, 5) is 19.6. The number of pyridine rings is 1. The summed E-state index contributed by atoms with van der Waals surface area (Å²) in [5, 5.41) is 12.3. The smallest absolute Gasteiger partial charge is 0.224 e. The van der Waals surface area contributed by atoms with Crippen molar-refractivity contribution in [2.45, 2.75) is 38.8 Å². The Bertz CT molecular complexity index is 611. The number of hydrogen-bond acceptors (Lipinski definition) is 5. The maximum absolute atomic E-state index is 12.1. The first-order valence-corrected chi connectivity index (χ1v) is 7.22. The van der Waals surface area contributed by atoms with Crippen LogP contribution in [0.3, 0.4) is 0 Å². The van der Waals surface area contributed by atoms with Gasteiger partial charge in [0.15, 0.2) is 0 Å². The molecule has 7 heteroatoms. The molecule has 7 nitrogen and oxygen atoms in total. The van der Waals surface area contributed by atoms with Crippen LogP contribution in [0.2, 0.25) is 0 Å². The number of aryl methyl sites for hydroxylation is 1. The van der Waals surface area contributed by atoms with Gasteiger partial charge in [0.25, 0.3) is 0 Å². The molecule has 1 atom stereocenters. The second kappa shape index (κ2) is 5.99. The first-order valence-electron chi connectivity index (χ1n) is 7.22. The van der Waals surface area contributed by atoms with Gasteiger partial charge in [-0.2, -0.15) is 4.80 Å². The van der Waals surface area contributed by atoms with Crippen molar-refractivity contribution in [2.24, 2.45) is 0 Å². The van der Waals surface area contributed by atoms with Crippen molar-refractivity contribution < 1.29 is 4.79 Å². The molecule has 0 aromatic carbocycles. The maximum Gasteiger partial charge on any atom is 0.224 e. The lowest BCUT2D eigenvalue weighted by Gasteiger charge is -2.21. The summed E-state index contributed by atoms with van der Waals surface area (Å²) in [7, 11) is 0. The Morgan fingerprint density at radius 1 is 1.48 bits per heavy atom. The van der Waals surface area contributed by atoms with Crippen LogP contribution in [0, 0.1) is 0 Å². The quantitative estimate of drug-likeness (QED) is 0.842. The van der Waals surface area contributed by atoms with Crippen molar-refractivity contribution in [3.8, 4) is 11.4 Å². The van der Waals surface area contributed by atoms with E-state index in [1.807, 2.05) is 17.0 Å². The van der Waals surface area contributed by atoms with Gasteiger partial charge in [-0.15, -0.1) is 10.2 Å². The summed E-state index contributed by atoms with van der Waals surface area (Å²) < 4.78 is 0. The Balaban J connectivity index is 1.59. The highest BCUT2D eigenvalue weighted by atomic mass is 16.2. The summed E-state index contributed by atoms with van der Waals surface area (Å²) in [5.74, 6) is 0.699. The molecular weight excluding hydrogens is 268 g/mol. The second-order valence-electron chi connectivity index (χ2n) is 5.28. The number of rotatable bonds is 4. The Morgan fingerprint density at radius 2 is 2.38 bits per heavy atom. The van der Waals surface area contributed by atoms with Gasteiger partial charge in [0.05, 0.1) is 6.54 Å². The van der Waals surface area contributed by atoms with Crippen molar-refractivity contribution in [3.05, 3.63) is 24.5 Å². The molecule has 1 aliphatic heterocycles. The molecule has 0 N–H and O–H groups in total. The molecule has 0 saturated carbocycles. The third kappa shape index (κ3) is 3.07. The fourth-order valence-corrected chi connectivity index (χ4v) is 2.59. The number of amides is 1. The van der Waals surface area contributed by atoms with E-state index in [0.717, 1.165) is 24.9 Å². The van der Waals surface area contributed by atoms with E-state index >= 15 is 0 Å². The standard InChI is InChI=1S/C14H18N6O/c1-11-4-3-8-19(11)13(21)6-9-20-17-14(16-18-20)12-5-2-7-15-10-12/h2,5,7,10-11H,3-4,6,8-9H2,1H3/t11-/m0/s1. The minimum atomic E-state index is 0.167. The molecule has 1 amide bonds. The van der Waals surface area contributed by atoms with Crippen LogP contribution in [0.15, 0.2) is 24.5 Å². The van der Waals surface area contributed by atoms with Gasteiger partial charge in [0, 0.05) is 37.0 Å². The zero-order valence-electron chi connectivity index (χ0n) is 12.0. The van der Waals surface area contributed by atoms with E-state index in [1.165, 1.54) is 4.80 Å². The molecule has 3 heterocycles. The van der Waals surface area contributed by atoms with Crippen LogP contribution in [-0.4, -0.2) is 48.6 Å². The largest absolute Gasteiger partial charge is 0.340 e. The highest BCUT2D eigenvalue weighted by molar-refractivity contribution is 5.76. The summed E-state index contributed by atoms with van der Waals surface area (Å²) >= 11 is 0. The van der Waals surface area contributed by atoms with E-state index in [0.29, 0.717) is 24.8 Å². The molecule has 1 aliphatic rings. The van der Waals surface area contributed by atoms with Gasteiger partial charge in [-0.05, 0) is 37.1 Å². The maximum atomic E-state index is 12.1. The third-order valence-corrected chi connectivity index (χ3v) is 3.77. The normalized spacial score (nSPS) is 18.1. The van der Waals surface area contributed by atoms with Crippen molar-refractivity contribution in [2.75, 3.05) is 6.54 Å². The molecule has 2 aromatic heterocycles. The molecule has 110 valence electrons. The van der Waals surface area contributed by atoms with E-state index in [1.54, 1.807) is 12.4 Å². The average molecular weight is 286 g/mol. The third-order valence-electron chi connectivity index (χ3n) is 3.77. The molecular formula is C14H18N6O. The highest BCUT2D eigenvalue weighted by Gasteiger charge is 2.24. The molecule has 0 bridgehead atoms. The van der Waals surface area contributed by atoms with Crippen LogP contribution in [-0.2, 0) is 11.3 Å². The molecule has 1 saturated heterocycles. The zero-order valence-corrected chi connectivity index (χ0v) is 12.0. The van der Waals surface area contributed by atoms with Gasteiger partial charge >= 0.3 is 0 Å². The first-order chi connectivity index (χ1) is 10.2. The fraction of sp³-hybridized carbons (Fsp3) is 0.500. The molecule has 2 aromatic rings.